The summed E-state index contributed by atoms with van der Waals surface area (Å²) in [6, 6.07) is 30.5. The van der Waals surface area contributed by atoms with E-state index >= 15 is 0 Å². The van der Waals surface area contributed by atoms with Crippen molar-refractivity contribution in [2.75, 3.05) is 31.4 Å². The summed E-state index contributed by atoms with van der Waals surface area (Å²) in [5.74, 6) is 1.77. The van der Waals surface area contributed by atoms with Crippen molar-refractivity contribution in [2.24, 2.45) is 0 Å². The van der Waals surface area contributed by atoms with Crippen LogP contribution in [0.4, 0.5) is 10.5 Å². The van der Waals surface area contributed by atoms with Crippen LogP contribution in [0, 0.1) is 0 Å². The summed E-state index contributed by atoms with van der Waals surface area (Å²) in [5.41, 5.74) is 3.47. The molecule has 1 atom stereocenters. The van der Waals surface area contributed by atoms with Crippen molar-refractivity contribution in [3.63, 3.8) is 0 Å². The molecule has 3 aliphatic rings. The van der Waals surface area contributed by atoms with E-state index in [4.69, 9.17) is 14.2 Å². The number of anilines is 1. The Balaban J connectivity index is 1.09. The highest BCUT2D eigenvalue weighted by Crippen LogP contribution is 2.54. The number of benzene rings is 4. The lowest BCUT2D eigenvalue weighted by atomic mass is 9.77. The number of urea groups is 1. The summed E-state index contributed by atoms with van der Waals surface area (Å²) in [4.78, 5) is 28.9. The van der Waals surface area contributed by atoms with Crippen molar-refractivity contribution in [1.29, 1.82) is 0 Å². The highest BCUT2D eigenvalue weighted by atomic mass is 16.7. The van der Waals surface area contributed by atoms with E-state index in [0.717, 1.165) is 27.9 Å². The van der Waals surface area contributed by atoms with Crippen LogP contribution in [-0.4, -0.2) is 38.4 Å². The lowest BCUT2D eigenvalue weighted by molar-refractivity contribution is -0.122. The quantitative estimate of drug-likeness (QED) is 0.380. The summed E-state index contributed by atoms with van der Waals surface area (Å²) in [6.45, 7) is 0.922. The van der Waals surface area contributed by atoms with Gasteiger partial charge in [0.1, 0.15) is 17.8 Å². The van der Waals surface area contributed by atoms with Crippen LogP contribution in [0.2, 0.25) is 0 Å². The molecule has 3 heterocycles. The van der Waals surface area contributed by atoms with Gasteiger partial charge in [-0.05, 0) is 28.8 Å². The van der Waals surface area contributed by atoms with Crippen LogP contribution in [0.15, 0.2) is 97.1 Å². The number of amides is 3. The van der Waals surface area contributed by atoms with Gasteiger partial charge < -0.3 is 29.7 Å². The van der Waals surface area contributed by atoms with Crippen molar-refractivity contribution >= 4 is 17.6 Å². The summed E-state index contributed by atoms with van der Waals surface area (Å²) < 4.78 is 17.2. The van der Waals surface area contributed by atoms with Crippen LogP contribution in [0.3, 0.4) is 0 Å². The zero-order chi connectivity index (χ0) is 27.1. The minimum atomic E-state index is -0.971. The van der Waals surface area contributed by atoms with Crippen LogP contribution < -0.4 is 29.7 Å². The Kier molecular flexibility index (Phi) is 5.81. The molecule has 1 spiro atoms. The van der Waals surface area contributed by atoms with E-state index in [0.29, 0.717) is 23.8 Å². The molecule has 2 N–H and O–H groups in total. The molecule has 4 aromatic carbocycles. The second-order valence-electron chi connectivity index (χ2n) is 10.0. The minimum absolute atomic E-state index is 0.0834. The highest BCUT2D eigenvalue weighted by molar-refractivity contribution is 6.11. The minimum Gasteiger partial charge on any atom is -0.491 e. The van der Waals surface area contributed by atoms with Crippen molar-refractivity contribution in [2.45, 2.75) is 11.5 Å². The van der Waals surface area contributed by atoms with Gasteiger partial charge in [0.25, 0.3) is 0 Å². The fourth-order valence-electron chi connectivity index (χ4n) is 5.90. The molecular weight excluding hydrogens is 506 g/mol. The van der Waals surface area contributed by atoms with Gasteiger partial charge in [0.2, 0.25) is 12.7 Å². The number of hydrogen-bond acceptors (Lipinski definition) is 5. The predicted molar refractivity (Wildman–Crippen MR) is 149 cm³/mol. The molecule has 7 rings (SSSR count). The van der Waals surface area contributed by atoms with Gasteiger partial charge in [-0.25, -0.2) is 4.79 Å². The van der Waals surface area contributed by atoms with Crippen molar-refractivity contribution < 1.29 is 23.8 Å². The van der Waals surface area contributed by atoms with E-state index in [1.165, 1.54) is 0 Å². The standard InChI is InChI=1S/C32H27N3O5/c36-30-32(19-38-26-18-28-27(17-24(26)32)39-20-40-28)23-13-7-8-14-25(23)35(30)16-15-33-31(37)34-29(21-9-3-1-4-10-21)22-11-5-2-6-12-22/h1-14,17-18,29H,15-16,19-20H2,(H2,33,34,37). The third kappa shape index (κ3) is 3.83. The zero-order valence-corrected chi connectivity index (χ0v) is 21.6. The van der Waals surface area contributed by atoms with E-state index in [1.54, 1.807) is 11.0 Å². The maximum absolute atomic E-state index is 14.1. The molecule has 3 amide bonds. The molecule has 0 radical (unpaired) electrons. The molecule has 0 aromatic heterocycles. The fourth-order valence-corrected chi connectivity index (χ4v) is 5.90. The smallest absolute Gasteiger partial charge is 0.315 e. The first kappa shape index (κ1) is 24.1. The molecule has 8 heteroatoms. The van der Waals surface area contributed by atoms with Gasteiger partial charge in [0.15, 0.2) is 11.5 Å². The number of carbonyl (C=O) groups excluding carboxylic acids is 2. The van der Waals surface area contributed by atoms with Gasteiger partial charge in [0.05, 0.1) is 6.04 Å². The Morgan fingerprint density at radius 2 is 1.45 bits per heavy atom. The molecule has 0 aliphatic carbocycles. The molecule has 40 heavy (non-hydrogen) atoms. The van der Waals surface area contributed by atoms with E-state index in [-0.39, 0.29) is 37.9 Å². The molecule has 4 aromatic rings. The Hall–Kier alpha value is -4.98. The first-order valence-corrected chi connectivity index (χ1v) is 13.3. The maximum atomic E-state index is 14.1. The Morgan fingerprint density at radius 3 is 2.17 bits per heavy atom. The van der Waals surface area contributed by atoms with Gasteiger partial charge in [-0.15, -0.1) is 0 Å². The molecule has 1 unspecified atom stereocenters. The predicted octanol–water partition coefficient (Wildman–Crippen LogP) is 4.53. The average molecular weight is 534 g/mol. The topological polar surface area (TPSA) is 89.1 Å². The summed E-state index contributed by atoms with van der Waals surface area (Å²) in [7, 11) is 0. The van der Waals surface area contributed by atoms with Gasteiger partial charge >= 0.3 is 6.03 Å². The van der Waals surface area contributed by atoms with E-state index < -0.39 is 5.41 Å². The summed E-state index contributed by atoms with van der Waals surface area (Å²) in [6.07, 6.45) is 0. The summed E-state index contributed by atoms with van der Waals surface area (Å²) >= 11 is 0. The van der Waals surface area contributed by atoms with Crippen LogP contribution >= 0.6 is 0 Å². The van der Waals surface area contributed by atoms with Crippen LogP contribution in [0.1, 0.15) is 28.3 Å². The molecular formula is C32H27N3O5. The van der Waals surface area contributed by atoms with E-state index in [9.17, 15) is 9.59 Å². The second kappa shape index (κ2) is 9.64. The van der Waals surface area contributed by atoms with Crippen LogP contribution in [0.25, 0.3) is 0 Å². The molecule has 0 bridgehead atoms. The number of para-hydroxylation sites is 1. The number of hydrogen-bond donors (Lipinski definition) is 2. The third-order valence-corrected chi connectivity index (χ3v) is 7.81. The Morgan fingerprint density at radius 1 is 0.800 bits per heavy atom. The Bertz CT molecular complexity index is 1550. The number of rotatable bonds is 6. The number of ether oxygens (including phenoxy) is 3. The normalized spacial score (nSPS) is 18.0. The zero-order valence-electron chi connectivity index (χ0n) is 21.6. The molecule has 0 saturated carbocycles. The number of nitrogens with zero attached hydrogens (tertiary/aromatic N) is 1. The fraction of sp³-hybridized carbons (Fsp3) is 0.188. The Labute approximate surface area is 231 Å². The highest BCUT2D eigenvalue weighted by Gasteiger charge is 2.57. The van der Waals surface area contributed by atoms with Gasteiger partial charge in [-0.3, -0.25) is 4.79 Å². The average Bonchev–Trinajstić information content (AvgIpc) is 3.68. The number of nitrogens with one attached hydrogen (secondary N) is 2. The van der Waals surface area contributed by atoms with Gasteiger partial charge in [0, 0.05) is 30.4 Å². The molecule has 0 saturated heterocycles. The van der Waals surface area contributed by atoms with Crippen LogP contribution in [-0.2, 0) is 10.2 Å². The van der Waals surface area contributed by atoms with Crippen molar-refractivity contribution in [3.8, 4) is 17.2 Å². The lowest BCUT2D eigenvalue weighted by Crippen LogP contribution is -2.46. The molecule has 200 valence electrons. The summed E-state index contributed by atoms with van der Waals surface area (Å²) in [5, 5.41) is 6.04. The lowest BCUT2D eigenvalue weighted by Gasteiger charge is -2.24. The second-order valence-corrected chi connectivity index (χ2v) is 10.0. The number of fused-ring (bicyclic) bond motifs is 5. The van der Waals surface area contributed by atoms with Crippen LogP contribution in [0.5, 0.6) is 17.2 Å². The molecule has 8 nitrogen and oxygen atoms in total. The SMILES string of the molecule is O=C(NCCN1C(=O)C2(COc3cc4c(cc32)OCO4)c2ccccc21)NC(c1ccccc1)c1ccccc1. The number of carbonyl (C=O) groups is 2. The van der Waals surface area contributed by atoms with E-state index in [1.807, 2.05) is 91.0 Å². The van der Waals surface area contributed by atoms with Gasteiger partial charge in [-0.1, -0.05) is 78.9 Å². The third-order valence-electron chi connectivity index (χ3n) is 7.81. The van der Waals surface area contributed by atoms with Crippen molar-refractivity contribution in [1.82, 2.24) is 10.6 Å². The van der Waals surface area contributed by atoms with E-state index in [2.05, 4.69) is 10.6 Å². The van der Waals surface area contributed by atoms with Crippen molar-refractivity contribution in [3.05, 3.63) is 119 Å². The monoisotopic (exact) mass is 533 g/mol. The van der Waals surface area contributed by atoms with Gasteiger partial charge in [-0.2, -0.15) is 0 Å². The first-order valence-electron chi connectivity index (χ1n) is 13.3. The molecule has 3 aliphatic heterocycles. The first-order chi connectivity index (χ1) is 19.6. The molecule has 0 fully saturated rings. The largest absolute Gasteiger partial charge is 0.491 e. The maximum Gasteiger partial charge on any atom is 0.315 e.